The molecule has 6 heteroatoms. The van der Waals surface area contributed by atoms with Crippen LogP contribution in [0.3, 0.4) is 0 Å². The fourth-order valence-electron chi connectivity index (χ4n) is 2.23. The highest BCUT2D eigenvalue weighted by Gasteiger charge is 2.30. The van der Waals surface area contributed by atoms with Gasteiger partial charge in [-0.2, -0.15) is 5.10 Å². The van der Waals surface area contributed by atoms with Gasteiger partial charge >= 0.3 is 0 Å². The van der Waals surface area contributed by atoms with E-state index in [9.17, 15) is 0 Å². The second kappa shape index (κ2) is 5.03. The van der Waals surface area contributed by atoms with Crippen LogP contribution in [0, 0.1) is 6.92 Å². The maximum absolute atomic E-state index is 9.09. The highest BCUT2D eigenvalue weighted by Crippen LogP contribution is 2.30. The fraction of sp³-hybridized carbons (Fsp3) is 0.727. The van der Waals surface area contributed by atoms with Crippen molar-refractivity contribution in [2.24, 2.45) is 12.9 Å². The van der Waals surface area contributed by atoms with Gasteiger partial charge in [0.2, 0.25) is 0 Å². The molecular formula is C11H21N5O. The molecule has 1 heterocycles. The quantitative estimate of drug-likeness (QED) is 0.480. The number of aromatic nitrogens is 2. The maximum Gasteiger partial charge on any atom is 0.142 e. The van der Waals surface area contributed by atoms with E-state index in [1.807, 2.05) is 14.0 Å². The Bertz CT molecular complexity index is 385. The summed E-state index contributed by atoms with van der Waals surface area (Å²) in [5.41, 5.74) is 4.81. The van der Waals surface area contributed by atoms with E-state index < -0.39 is 0 Å². The van der Waals surface area contributed by atoms with E-state index in [0.717, 1.165) is 23.6 Å². The van der Waals surface area contributed by atoms with Gasteiger partial charge in [0.1, 0.15) is 5.82 Å². The number of nitrogens with zero attached hydrogens (tertiary/aromatic N) is 3. The standard InChI is InChI=1S/C11H21N5O/c1-8-10(11(13-12)15(2)14-8)7-16(5-6-17)9-3-4-9/h9,13,17H,3-7,12H2,1-2H3. The summed E-state index contributed by atoms with van der Waals surface area (Å²) in [6.07, 6.45) is 2.45. The Balaban J connectivity index is 2.15. The Hall–Kier alpha value is -1.11. The van der Waals surface area contributed by atoms with Crippen LogP contribution in [-0.4, -0.2) is 39.0 Å². The lowest BCUT2D eigenvalue weighted by Crippen LogP contribution is -2.29. The topological polar surface area (TPSA) is 79.3 Å². The Morgan fingerprint density at radius 2 is 2.29 bits per heavy atom. The molecular weight excluding hydrogens is 218 g/mol. The molecule has 0 radical (unpaired) electrons. The summed E-state index contributed by atoms with van der Waals surface area (Å²) >= 11 is 0. The second-order valence-corrected chi connectivity index (χ2v) is 4.61. The Morgan fingerprint density at radius 1 is 1.59 bits per heavy atom. The van der Waals surface area contributed by atoms with Crippen molar-refractivity contribution in [3.8, 4) is 0 Å². The van der Waals surface area contributed by atoms with Crippen LogP contribution in [0.25, 0.3) is 0 Å². The lowest BCUT2D eigenvalue weighted by Gasteiger charge is -2.21. The minimum Gasteiger partial charge on any atom is -0.395 e. The van der Waals surface area contributed by atoms with Gasteiger partial charge in [-0.15, -0.1) is 0 Å². The average Bonchev–Trinajstić information content (AvgIpc) is 3.07. The minimum atomic E-state index is 0.196. The molecule has 6 nitrogen and oxygen atoms in total. The third kappa shape index (κ3) is 2.59. The lowest BCUT2D eigenvalue weighted by molar-refractivity contribution is 0.183. The van der Waals surface area contributed by atoms with E-state index in [0.29, 0.717) is 12.6 Å². The number of nitrogens with two attached hydrogens (primary N) is 1. The summed E-state index contributed by atoms with van der Waals surface area (Å²) in [6, 6.07) is 0.618. The monoisotopic (exact) mass is 239 g/mol. The third-order valence-electron chi connectivity index (χ3n) is 3.29. The largest absolute Gasteiger partial charge is 0.395 e. The number of anilines is 1. The van der Waals surface area contributed by atoms with Gasteiger partial charge in [-0.05, 0) is 19.8 Å². The molecule has 1 aliphatic rings. The molecule has 0 spiro atoms. The SMILES string of the molecule is Cc1nn(C)c(NN)c1CN(CCO)C1CC1. The lowest BCUT2D eigenvalue weighted by atomic mass is 10.2. The van der Waals surface area contributed by atoms with Gasteiger partial charge < -0.3 is 10.5 Å². The zero-order valence-corrected chi connectivity index (χ0v) is 10.5. The predicted molar refractivity (Wildman–Crippen MR) is 66.3 cm³/mol. The molecule has 96 valence electrons. The van der Waals surface area contributed by atoms with Crippen LogP contribution in [0.2, 0.25) is 0 Å². The summed E-state index contributed by atoms with van der Waals surface area (Å²) in [4.78, 5) is 2.30. The van der Waals surface area contributed by atoms with Gasteiger partial charge in [0.25, 0.3) is 0 Å². The van der Waals surface area contributed by atoms with Crippen molar-refractivity contribution in [3.05, 3.63) is 11.3 Å². The number of aliphatic hydroxyl groups is 1. The van der Waals surface area contributed by atoms with Crippen molar-refractivity contribution in [2.75, 3.05) is 18.6 Å². The van der Waals surface area contributed by atoms with Gasteiger partial charge in [-0.1, -0.05) is 0 Å². The second-order valence-electron chi connectivity index (χ2n) is 4.61. The van der Waals surface area contributed by atoms with Crippen molar-refractivity contribution >= 4 is 5.82 Å². The van der Waals surface area contributed by atoms with Crippen molar-refractivity contribution in [1.29, 1.82) is 0 Å². The van der Waals surface area contributed by atoms with Crippen LogP contribution in [-0.2, 0) is 13.6 Å². The molecule has 0 atom stereocenters. The number of hydrogen-bond donors (Lipinski definition) is 3. The smallest absolute Gasteiger partial charge is 0.142 e. The first-order chi connectivity index (χ1) is 8.17. The molecule has 1 aromatic rings. The maximum atomic E-state index is 9.09. The van der Waals surface area contributed by atoms with Gasteiger partial charge in [0.15, 0.2) is 0 Å². The van der Waals surface area contributed by atoms with Crippen molar-refractivity contribution in [3.63, 3.8) is 0 Å². The van der Waals surface area contributed by atoms with Crippen LogP contribution < -0.4 is 11.3 Å². The van der Waals surface area contributed by atoms with Gasteiger partial charge in [0, 0.05) is 31.7 Å². The zero-order chi connectivity index (χ0) is 12.4. The van der Waals surface area contributed by atoms with Gasteiger partial charge in [0.05, 0.1) is 12.3 Å². The molecule has 1 saturated carbocycles. The predicted octanol–water partition coefficient (Wildman–Crippen LogP) is -0.0292. The molecule has 0 bridgehead atoms. The van der Waals surface area contributed by atoms with E-state index in [2.05, 4.69) is 15.4 Å². The number of nitrogens with one attached hydrogen (secondary N) is 1. The van der Waals surface area contributed by atoms with Crippen LogP contribution in [0.5, 0.6) is 0 Å². The zero-order valence-electron chi connectivity index (χ0n) is 10.5. The molecule has 17 heavy (non-hydrogen) atoms. The van der Waals surface area contributed by atoms with E-state index in [1.165, 1.54) is 12.8 Å². The molecule has 0 unspecified atom stereocenters. The molecule has 0 saturated heterocycles. The minimum absolute atomic E-state index is 0.196. The first-order valence-electron chi connectivity index (χ1n) is 6.01. The number of aliphatic hydroxyl groups excluding tert-OH is 1. The number of nitrogen functional groups attached to an aromatic ring is 1. The average molecular weight is 239 g/mol. The van der Waals surface area contributed by atoms with Gasteiger partial charge in [-0.3, -0.25) is 9.58 Å². The molecule has 1 aliphatic carbocycles. The normalized spacial score (nSPS) is 15.6. The van der Waals surface area contributed by atoms with E-state index in [-0.39, 0.29) is 6.61 Å². The van der Waals surface area contributed by atoms with E-state index in [4.69, 9.17) is 10.9 Å². The summed E-state index contributed by atoms with van der Waals surface area (Å²) in [6.45, 7) is 3.69. The molecule has 1 fully saturated rings. The number of hydrogen-bond acceptors (Lipinski definition) is 5. The van der Waals surface area contributed by atoms with Crippen LogP contribution >= 0.6 is 0 Å². The van der Waals surface area contributed by atoms with Crippen LogP contribution in [0.1, 0.15) is 24.1 Å². The van der Waals surface area contributed by atoms with Crippen LogP contribution in [0.4, 0.5) is 5.82 Å². The highest BCUT2D eigenvalue weighted by atomic mass is 16.3. The van der Waals surface area contributed by atoms with E-state index >= 15 is 0 Å². The molecule has 0 aliphatic heterocycles. The first-order valence-corrected chi connectivity index (χ1v) is 6.01. The first kappa shape index (κ1) is 12.3. The molecule has 0 amide bonds. The van der Waals surface area contributed by atoms with E-state index in [1.54, 1.807) is 4.68 Å². The molecule has 0 aromatic carbocycles. The Kier molecular flexibility index (Phi) is 3.66. The summed E-state index contributed by atoms with van der Waals surface area (Å²) in [5, 5.41) is 13.4. The molecule has 2 rings (SSSR count). The molecule has 1 aromatic heterocycles. The van der Waals surface area contributed by atoms with Crippen LogP contribution in [0.15, 0.2) is 0 Å². The Labute approximate surface area is 101 Å². The molecule has 4 N–H and O–H groups in total. The van der Waals surface area contributed by atoms with Crippen molar-refractivity contribution in [2.45, 2.75) is 32.4 Å². The summed E-state index contributed by atoms with van der Waals surface area (Å²) < 4.78 is 1.76. The summed E-state index contributed by atoms with van der Waals surface area (Å²) in [7, 11) is 1.87. The van der Waals surface area contributed by atoms with Gasteiger partial charge in [-0.25, -0.2) is 5.84 Å². The Morgan fingerprint density at radius 3 is 2.82 bits per heavy atom. The summed E-state index contributed by atoms with van der Waals surface area (Å²) in [5.74, 6) is 6.38. The fourth-order valence-corrected chi connectivity index (χ4v) is 2.23. The number of hydrazine groups is 1. The highest BCUT2D eigenvalue weighted by molar-refractivity contribution is 5.46. The van der Waals surface area contributed by atoms with Crippen molar-refractivity contribution in [1.82, 2.24) is 14.7 Å². The van der Waals surface area contributed by atoms with Crippen molar-refractivity contribution < 1.29 is 5.11 Å². The number of aryl methyl sites for hydroxylation is 2. The third-order valence-corrected chi connectivity index (χ3v) is 3.29. The number of rotatable bonds is 6.